The molecule has 27 heavy (non-hydrogen) atoms. The second kappa shape index (κ2) is 8.45. The number of piperidine rings is 1. The van der Waals surface area contributed by atoms with Crippen molar-refractivity contribution >= 4 is 17.8 Å². The molecule has 146 valence electrons. The highest BCUT2D eigenvalue weighted by Gasteiger charge is 2.30. The Morgan fingerprint density at radius 1 is 1.15 bits per heavy atom. The van der Waals surface area contributed by atoms with Crippen LogP contribution in [0.15, 0.2) is 18.2 Å². The van der Waals surface area contributed by atoms with Crippen molar-refractivity contribution in [1.82, 2.24) is 9.80 Å². The van der Waals surface area contributed by atoms with Gasteiger partial charge >= 0.3 is 5.97 Å². The Hall–Kier alpha value is -2.51. The van der Waals surface area contributed by atoms with E-state index >= 15 is 0 Å². The standard InChI is InChI=1S/C19H22F2N2O4/c20-14-3-4-15(16(21)12-14)18(25)23-8-5-13(6-9-23)19(26)27-11-10-22-7-1-2-17(22)24/h3-4,12-13H,1-2,5-11H2. The number of halogens is 2. The maximum Gasteiger partial charge on any atom is 0.309 e. The molecule has 6 nitrogen and oxygen atoms in total. The van der Waals surface area contributed by atoms with Crippen LogP contribution in [-0.4, -0.2) is 60.4 Å². The molecule has 0 N–H and O–H groups in total. The first-order chi connectivity index (χ1) is 13.0. The number of benzene rings is 1. The summed E-state index contributed by atoms with van der Waals surface area (Å²) in [7, 11) is 0. The second-order valence-electron chi connectivity index (χ2n) is 6.84. The predicted molar refractivity (Wildman–Crippen MR) is 91.8 cm³/mol. The summed E-state index contributed by atoms with van der Waals surface area (Å²) in [5, 5.41) is 0. The number of carbonyl (C=O) groups excluding carboxylic acids is 3. The van der Waals surface area contributed by atoms with Gasteiger partial charge in [0.1, 0.15) is 18.2 Å². The first-order valence-corrected chi connectivity index (χ1v) is 9.14. The van der Waals surface area contributed by atoms with E-state index in [0.717, 1.165) is 18.6 Å². The first-order valence-electron chi connectivity index (χ1n) is 9.14. The highest BCUT2D eigenvalue weighted by molar-refractivity contribution is 5.94. The summed E-state index contributed by atoms with van der Waals surface area (Å²) in [6.07, 6.45) is 2.25. The topological polar surface area (TPSA) is 66.9 Å². The molecule has 8 heteroatoms. The zero-order valence-corrected chi connectivity index (χ0v) is 15.0. The van der Waals surface area contributed by atoms with Gasteiger partial charge < -0.3 is 14.5 Å². The molecule has 0 bridgehead atoms. The SMILES string of the molecule is O=C(OCCN1CCCC1=O)C1CCN(C(=O)c2ccc(F)cc2F)CC1. The van der Waals surface area contributed by atoms with Gasteiger partial charge in [0, 0.05) is 32.1 Å². The van der Waals surface area contributed by atoms with Gasteiger partial charge in [-0.15, -0.1) is 0 Å². The van der Waals surface area contributed by atoms with Crippen molar-refractivity contribution < 1.29 is 27.9 Å². The van der Waals surface area contributed by atoms with Crippen LogP contribution < -0.4 is 0 Å². The van der Waals surface area contributed by atoms with Gasteiger partial charge in [0.05, 0.1) is 18.0 Å². The third-order valence-corrected chi connectivity index (χ3v) is 5.05. The summed E-state index contributed by atoms with van der Waals surface area (Å²) in [6, 6.07) is 2.86. The van der Waals surface area contributed by atoms with E-state index in [-0.39, 0.29) is 30.0 Å². The van der Waals surface area contributed by atoms with Gasteiger partial charge in [-0.3, -0.25) is 14.4 Å². The summed E-state index contributed by atoms with van der Waals surface area (Å²) < 4.78 is 32.0. The maximum atomic E-state index is 13.8. The van der Waals surface area contributed by atoms with Crippen molar-refractivity contribution in [2.45, 2.75) is 25.7 Å². The molecule has 0 saturated carbocycles. The molecule has 3 rings (SSSR count). The zero-order chi connectivity index (χ0) is 19.4. The molecule has 1 aromatic carbocycles. The van der Waals surface area contributed by atoms with E-state index in [1.165, 1.54) is 4.90 Å². The van der Waals surface area contributed by atoms with Crippen LogP contribution in [0, 0.1) is 17.6 Å². The molecule has 0 radical (unpaired) electrons. The van der Waals surface area contributed by atoms with Gasteiger partial charge in [-0.1, -0.05) is 0 Å². The minimum atomic E-state index is -0.891. The van der Waals surface area contributed by atoms with Gasteiger partial charge in [0.2, 0.25) is 5.91 Å². The number of nitrogens with zero attached hydrogens (tertiary/aromatic N) is 2. The van der Waals surface area contributed by atoms with Crippen molar-refractivity contribution in [3.05, 3.63) is 35.4 Å². The molecule has 0 aromatic heterocycles. The van der Waals surface area contributed by atoms with Crippen LogP contribution in [0.2, 0.25) is 0 Å². The van der Waals surface area contributed by atoms with Gasteiger partial charge in [-0.2, -0.15) is 0 Å². The van der Waals surface area contributed by atoms with Gasteiger partial charge in [-0.05, 0) is 31.4 Å². The smallest absolute Gasteiger partial charge is 0.309 e. The highest BCUT2D eigenvalue weighted by Crippen LogP contribution is 2.21. The molecule has 0 aliphatic carbocycles. The number of rotatable bonds is 5. The number of hydrogen-bond acceptors (Lipinski definition) is 4. The largest absolute Gasteiger partial charge is 0.464 e. The highest BCUT2D eigenvalue weighted by atomic mass is 19.1. The van der Waals surface area contributed by atoms with Crippen LogP contribution in [0.25, 0.3) is 0 Å². The zero-order valence-electron chi connectivity index (χ0n) is 15.0. The van der Waals surface area contributed by atoms with E-state index < -0.39 is 17.5 Å². The quantitative estimate of drug-likeness (QED) is 0.733. The second-order valence-corrected chi connectivity index (χ2v) is 6.84. The first kappa shape index (κ1) is 19.3. The van der Waals surface area contributed by atoms with Crippen LogP contribution in [0.1, 0.15) is 36.0 Å². The van der Waals surface area contributed by atoms with Crippen molar-refractivity contribution in [1.29, 1.82) is 0 Å². The fourth-order valence-corrected chi connectivity index (χ4v) is 3.47. The summed E-state index contributed by atoms with van der Waals surface area (Å²) >= 11 is 0. The van der Waals surface area contributed by atoms with E-state index in [1.807, 2.05) is 0 Å². The molecule has 0 unspecified atom stereocenters. The average Bonchev–Trinajstić information content (AvgIpc) is 3.06. The number of hydrogen-bond donors (Lipinski definition) is 0. The molecule has 0 atom stereocenters. The summed E-state index contributed by atoms with van der Waals surface area (Å²) in [5.74, 6) is -2.69. The van der Waals surface area contributed by atoms with E-state index in [1.54, 1.807) is 4.90 Å². The third kappa shape index (κ3) is 4.61. The Balaban J connectivity index is 1.44. The van der Waals surface area contributed by atoms with Gasteiger partial charge in [0.25, 0.3) is 5.91 Å². The monoisotopic (exact) mass is 380 g/mol. The van der Waals surface area contributed by atoms with Crippen LogP contribution >= 0.6 is 0 Å². The summed E-state index contributed by atoms with van der Waals surface area (Å²) in [6.45, 7) is 1.90. The Labute approximate surface area is 156 Å². The van der Waals surface area contributed by atoms with Crippen LogP contribution in [-0.2, 0) is 14.3 Å². The number of carbonyl (C=O) groups is 3. The lowest BCUT2D eigenvalue weighted by molar-refractivity contribution is -0.151. The summed E-state index contributed by atoms with van der Waals surface area (Å²) in [5.41, 5.74) is -0.173. The van der Waals surface area contributed by atoms with Crippen LogP contribution in [0.5, 0.6) is 0 Å². The molecule has 2 fully saturated rings. The molecule has 2 saturated heterocycles. The molecule has 2 aliphatic heterocycles. The number of amides is 2. The minimum Gasteiger partial charge on any atom is -0.464 e. The van der Waals surface area contributed by atoms with Crippen LogP contribution in [0.4, 0.5) is 8.78 Å². The Morgan fingerprint density at radius 3 is 2.52 bits per heavy atom. The van der Waals surface area contributed by atoms with Gasteiger partial charge in [0.15, 0.2) is 0 Å². The minimum absolute atomic E-state index is 0.0888. The molecule has 2 aliphatic rings. The van der Waals surface area contributed by atoms with E-state index in [9.17, 15) is 23.2 Å². The lowest BCUT2D eigenvalue weighted by atomic mass is 9.96. The number of esters is 1. The molecule has 1 aromatic rings. The lowest BCUT2D eigenvalue weighted by Crippen LogP contribution is -2.41. The fraction of sp³-hybridized carbons (Fsp3) is 0.526. The van der Waals surface area contributed by atoms with Crippen LogP contribution in [0.3, 0.4) is 0 Å². The molecule has 2 heterocycles. The molecular formula is C19H22F2N2O4. The normalized spacial score (nSPS) is 18.1. The van der Waals surface area contributed by atoms with Crippen molar-refractivity contribution in [2.24, 2.45) is 5.92 Å². The van der Waals surface area contributed by atoms with E-state index in [2.05, 4.69) is 0 Å². The van der Waals surface area contributed by atoms with Crippen molar-refractivity contribution in [3.8, 4) is 0 Å². The molecule has 0 spiro atoms. The Bertz CT molecular complexity index is 732. The molecular weight excluding hydrogens is 358 g/mol. The van der Waals surface area contributed by atoms with Gasteiger partial charge in [-0.25, -0.2) is 8.78 Å². The van der Waals surface area contributed by atoms with Crippen molar-refractivity contribution in [3.63, 3.8) is 0 Å². The number of ether oxygens (including phenoxy) is 1. The molecule has 2 amide bonds. The maximum absolute atomic E-state index is 13.8. The Morgan fingerprint density at radius 2 is 1.89 bits per heavy atom. The lowest BCUT2D eigenvalue weighted by Gasteiger charge is -2.31. The third-order valence-electron chi connectivity index (χ3n) is 5.05. The van der Waals surface area contributed by atoms with E-state index in [4.69, 9.17) is 4.74 Å². The average molecular weight is 380 g/mol. The predicted octanol–water partition coefficient (Wildman–Crippen LogP) is 1.98. The van der Waals surface area contributed by atoms with E-state index in [0.29, 0.717) is 51.5 Å². The fourth-order valence-electron chi connectivity index (χ4n) is 3.47. The Kier molecular flexibility index (Phi) is 6.03. The van der Waals surface area contributed by atoms with Crippen molar-refractivity contribution in [2.75, 3.05) is 32.8 Å². The number of likely N-dealkylation sites (tertiary alicyclic amines) is 2. The summed E-state index contributed by atoms with van der Waals surface area (Å²) in [4.78, 5) is 39.2.